The van der Waals surface area contributed by atoms with Crippen LogP contribution in [-0.2, 0) is 6.54 Å². The topological polar surface area (TPSA) is 42.1 Å². The Morgan fingerprint density at radius 1 is 1.24 bits per heavy atom. The average molecular weight is 231 g/mol. The van der Waals surface area contributed by atoms with Gasteiger partial charge in [0, 0.05) is 19.3 Å². The second-order valence-electron chi connectivity index (χ2n) is 3.75. The zero-order valence-electron chi connectivity index (χ0n) is 9.60. The highest BCUT2D eigenvalue weighted by atomic mass is 19.1. The standard InChI is InChI=1S/C13H14FN3/c1-17(12-4-2-3-10(14)7-12)13-6-5-11(8-15)16-9-13/h2-7,9H,8,15H2,1H3. The summed E-state index contributed by atoms with van der Waals surface area (Å²) < 4.78 is 13.1. The molecule has 0 bridgehead atoms. The highest BCUT2D eigenvalue weighted by molar-refractivity contribution is 5.61. The number of nitrogens with two attached hydrogens (primary N) is 1. The van der Waals surface area contributed by atoms with E-state index in [4.69, 9.17) is 5.73 Å². The van der Waals surface area contributed by atoms with E-state index in [0.29, 0.717) is 6.54 Å². The molecule has 0 fully saturated rings. The fourth-order valence-corrected chi connectivity index (χ4v) is 1.57. The van der Waals surface area contributed by atoms with Gasteiger partial charge in [-0.2, -0.15) is 0 Å². The molecule has 2 N–H and O–H groups in total. The molecule has 0 aliphatic heterocycles. The van der Waals surface area contributed by atoms with Crippen molar-refractivity contribution in [2.45, 2.75) is 6.54 Å². The van der Waals surface area contributed by atoms with Crippen molar-refractivity contribution < 1.29 is 4.39 Å². The van der Waals surface area contributed by atoms with E-state index >= 15 is 0 Å². The number of benzene rings is 1. The molecule has 88 valence electrons. The second-order valence-corrected chi connectivity index (χ2v) is 3.75. The Morgan fingerprint density at radius 2 is 2.06 bits per heavy atom. The van der Waals surface area contributed by atoms with Crippen molar-refractivity contribution in [1.29, 1.82) is 0 Å². The molecular weight excluding hydrogens is 217 g/mol. The van der Waals surface area contributed by atoms with Crippen LogP contribution in [0.1, 0.15) is 5.69 Å². The minimum absolute atomic E-state index is 0.249. The summed E-state index contributed by atoms with van der Waals surface area (Å²) in [4.78, 5) is 6.08. The molecular formula is C13H14FN3. The van der Waals surface area contributed by atoms with Gasteiger partial charge in [0.1, 0.15) is 5.82 Å². The molecule has 0 radical (unpaired) electrons. The number of pyridine rings is 1. The van der Waals surface area contributed by atoms with Crippen LogP contribution >= 0.6 is 0 Å². The van der Waals surface area contributed by atoms with E-state index in [1.165, 1.54) is 12.1 Å². The first kappa shape index (κ1) is 11.5. The van der Waals surface area contributed by atoms with Crippen LogP contribution in [0.5, 0.6) is 0 Å². The summed E-state index contributed by atoms with van der Waals surface area (Å²) in [5.41, 5.74) is 8.00. The van der Waals surface area contributed by atoms with Gasteiger partial charge in [-0.3, -0.25) is 4.98 Å². The molecule has 2 aromatic rings. The Balaban J connectivity index is 2.27. The van der Waals surface area contributed by atoms with Crippen molar-refractivity contribution in [2.24, 2.45) is 5.73 Å². The van der Waals surface area contributed by atoms with Crippen molar-refractivity contribution >= 4 is 11.4 Å². The van der Waals surface area contributed by atoms with Crippen LogP contribution in [0.3, 0.4) is 0 Å². The van der Waals surface area contributed by atoms with Crippen LogP contribution in [0.15, 0.2) is 42.6 Å². The largest absolute Gasteiger partial charge is 0.343 e. The van der Waals surface area contributed by atoms with Crippen molar-refractivity contribution in [3.05, 3.63) is 54.1 Å². The maximum Gasteiger partial charge on any atom is 0.125 e. The van der Waals surface area contributed by atoms with Crippen LogP contribution in [0.2, 0.25) is 0 Å². The number of hydrogen-bond acceptors (Lipinski definition) is 3. The van der Waals surface area contributed by atoms with E-state index in [-0.39, 0.29) is 5.82 Å². The SMILES string of the molecule is CN(c1ccc(CN)nc1)c1cccc(F)c1. The van der Waals surface area contributed by atoms with Gasteiger partial charge in [0.05, 0.1) is 17.6 Å². The molecule has 3 nitrogen and oxygen atoms in total. The summed E-state index contributed by atoms with van der Waals surface area (Å²) >= 11 is 0. The number of rotatable bonds is 3. The lowest BCUT2D eigenvalue weighted by atomic mass is 10.2. The molecule has 4 heteroatoms. The highest BCUT2D eigenvalue weighted by Gasteiger charge is 2.05. The summed E-state index contributed by atoms with van der Waals surface area (Å²) in [6.07, 6.45) is 1.73. The molecule has 0 atom stereocenters. The van der Waals surface area contributed by atoms with Gasteiger partial charge in [0.2, 0.25) is 0 Å². The lowest BCUT2D eigenvalue weighted by Gasteiger charge is -2.19. The van der Waals surface area contributed by atoms with Crippen molar-refractivity contribution in [3.63, 3.8) is 0 Å². The van der Waals surface area contributed by atoms with Gasteiger partial charge in [0.15, 0.2) is 0 Å². The fourth-order valence-electron chi connectivity index (χ4n) is 1.57. The van der Waals surface area contributed by atoms with Crippen LogP contribution in [0, 0.1) is 5.82 Å². The third kappa shape index (κ3) is 2.60. The quantitative estimate of drug-likeness (QED) is 0.882. The normalized spacial score (nSPS) is 10.3. The van der Waals surface area contributed by atoms with Gasteiger partial charge in [-0.05, 0) is 30.3 Å². The Labute approximate surface area is 99.7 Å². The van der Waals surface area contributed by atoms with E-state index in [1.54, 1.807) is 12.3 Å². The number of anilines is 2. The molecule has 17 heavy (non-hydrogen) atoms. The first-order valence-corrected chi connectivity index (χ1v) is 5.35. The van der Waals surface area contributed by atoms with Crippen LogP contribution in [0.25, 0.3) is 0 Å². The number of halogens is 1. The predicted molar refractivity (Wildman–Crippen MR) is 66.6 cm³/mol. The lowest BCUT2D eigenvalue weighted by molar-refractivity contribution is 0.628. The van der Waals surface area contributed by atoms with E-state index in [1.807, 2.05) is 30.1 Å². The summed E-state index contributed by atoms with van der Waals surface area (Å²) in [6.45, 7) is 0.421. The smallest absolute Gasteiger partial charge is 0.125 e. The third-order valence-corrected chi connectivity index (χ3v) is 2.60. The third-order valence-electron chi connectivity index (χ3n) is 2.60. The van der Waals surface area contributed by atoms with Gasteiger partial charge >= 0.3 is 0 Å². The minimum atomic E-state index is -0.249. The number of hydrogen-bond donors (Lipinski definition) is 1. The lowest BCUT2D eigenvalue weighted by Crippen LogP contribution is -2.10. The molecule has 0 unspecified atom stereocenters. The summed E-state index contributed by atoms with van der Waals surface area (Å²) in [5, 5.41) is 0. The zero-order chi connectivity index (χ0) is 12.3. The number of nitrogens with zero attached hydrogens (tertiary/aromatic N) is 2. The molecule has 0 saturated heterocycles. The van der Waals surface area contributed by atoms with Gasteiger partial charge in [-0.15, -0.1) is 0 Å². The van der Waals surface area contributed by atoms with Crippen LogP contribution in [0.4, 0.5) is 15.8 Å². The monoisotopic (exact) mass is 231 g/mol. The molecule has 0 amide bonds. The van der Waals surface area contributed by atoms with E-state index in [2.05, 4.69) is 4.98 Å². The molecule has 1 aromatic carbocycles. The zero-order valence-corrected chi connectivity index (χ0v) is 9.60. The van der Waals surface area contributed by atoms with Crippen LogP contribution < -0.4 is 10.6 Å². The molecule has 0 saturated carbocycles. The van der Waals surface area contributed by atoms with Gasteiger partial charge < -0.3 is 10.6 Å². The first-order chi connectivity index (χ1) is 8.20. The fraction of sp³-hybridized carbons (Fsp3) is 0.154. The minimum Gasteiger partial charge on any atom is -0.343 e. The van der Waals surface area contributed by atoms with Gasteiger partial charge in [0.25, 0.3) is 0 Å². The molecule has 0 aliphatic rings. The average Bonchev–Trinajstić information content (AvgIpc) is 2.38. The Morgan fingerprint density at radius 3 is 2.65 bits per heavy atom. The Kier molecular flexibility index (Phi) is 3.35. The maximum atomic E-state index is 13.1. The number of aromatic nitrogens is 1. The Hall–Kier alpha value is -1.94. The maximum absolute atomic E-state index is 13.1. The first-order valence-electron chi connectivity index (χ1n) is 5.35. The van der Waals surface area contributed by atoms with E-state index in [0.717, 1.165) is 17.1 Å². The highest BCUT2D eigenvalue weighted by Crippen LogP contribution is 2.23. The summed E-state index contributed by atoms with van der Waals surface area (Å²) in [5.74, 6) is -0.249. The Bertz CT molecular complexity index is 496. The molecule has 1 heterocycles. The predicted octanol–water partition coefficient (Wildman–Crippen LogP) is 2.45. The van der Waals surface area contributed by atoms with Crippen molar-refractivity contribution in [1.82, 2.24) is 4.98 Å². The van der Waals surface area contributed by atoms with Crippen molar-refractivity contribution in [2.75, 3.05) is 11.9 Å². The van der Waals surface area contributed by atoms with E-state index in [9.17, 15) is 4.39 Å². The molecule has 0 aliphatic carbocycles. The van der Waals surface area contributed by atoms with Crippen LogP contribution in [-0.4, -0.2) is 12.0 Å². The second kappa shape index (κ2) is 4.93. The molecule has 1 aromatic heterocycles. The summed E-state index contributed by atoms with van der Waals surface area (Å²) in [7, 11) is 1.87. The molecule has 0 spiro atoms. The van der Waals surface area contributed by atoms with E-state index < -0.39 is 0 Å². The molecule has 2 rings (SSSR count). The van der Waals surface area contributed by atoms with Gasteiger partial charge in [-0.25, -0.2) is 4.39 Å². The van der Waals surface area contributed by atoms with Crippen molar-refractivity contribution in [3.8, 4) is 0 Å². The van der Waals surface area contributed by atoms with Gasteiger partial charge in [-0.1, -0.05) is 6.07 Å². The summed E-state index contributed by atoms with van der Waals surface area (Å²) in [6, 6.07) is 10.2.